The van der Waals surface area contributed by atoms with Gasteiger partial charge in [0.05, 0.1) is 23.7 Å². The van der Waals surface area contributed by atoms with E-state index in [1.807, 2.05) is 66.7 Å². The molecule has 0 atom stereocenters. The molecule has 2 heterocycles. The number of nitrogens with one attached hydrogen (secondary N) is 2. The summed E-state index contributed by atoms with van der Waals surface area (Å²) in [6.45, 7) is 0.522. The van der Waals surface area contributed by atoms with E-state index in [1.54, 1.807) is 17.2 Å². The Morgan fingerprint density at radius 3 is 2.70 bits per heavy atom. The van der Waals surface area contributed by atoms with E-state index in [1.165, 1.54) is 11.8 Å². The van der Waals surface area contributed by atoms with Crippen molar-refractivity contribution < 1.29 is 9.59 Å². The van der Waals surface area contributed by atoms with Crippen LogP contribution in [0.2, 0.25) is 0 Å². The second kappa shape index (κ2) is 7.72. The van der Waals surface area contributed by atoms with Crippen LogP contribution in [0.3, 0.4) is 0 Å². The van der Waals surface area contributed by atoms with Crippen molar-refractivity contribution in [3.05, 3.63) is 90.1 Å². The number of H-pyrrole nitrogens is 1. The smallest absolute Gasteiger partial charge is 0.255 e. The zero-order valence-electron chi connectivity index (χ0n) is 16.1. The van der Waals surface area contributed by atoms with Crippen molar-refractivity contribution in [1.82, 2.24) is 4.98 Å². The van der Waals surface area contributed by atoms with E-state index in [-0.39, 0.29) is 11.8 Å². The number of aromatic amines is 1. The normalized spacial score (nSPS) is 13.3. The number of thioether (sulfide) groups is 1. The first-order chi connectivity index (χ1) is 14.7. The van der Waals surface area contributed by atoms with E-state index >= 15 is 0 Å². The number of rotatable bonds is 4. The summed E-state index contributed by atoms with van der Waals surface area (Å²) in [7, 11) is 0. The molecule has 0 spiro atoms. The van der Waals surface area contributed by atoms with Crippen LogP contribution in [0.5, 0.6) is 0 Å². The molecular formula is C24H19N3O2S. The van der Waals surface area contributed by atoms with Crippen LogP contribution >= 0.6 is 11.8 Å². The predicted molar refractivity (Wildman–Crippen MR) is 121 cm³/mol. The van der Waals surface area contributed by atoms with Gasteiger partial charge in [0.2, 0.25) is 5.91 Å². The number of carbonyl (C=O) groups is 2. The second-order valence-corrected chi connectivity index (χ2v) is 8.16. The lowest BCUT2D eigenvalue weighted by Crippen LogP contribution is -2.34. The number of carbonyl (C=O) groups excluding carboxylic acids is 2. The van der Waals surface area contributed by atoms with E-state index in [4.69, 9.17) is 0 Å². The van der Waals surface area contributed by atoms with Gasteiger partial charge in [0.1, 0.15) is 0 Å². The van der Waals surface area contributed by atoms with Gasteiger partial charge in [-0.1, -0.05) is 48.5 Å². The first kappa shape index (κ1) is 18.5. The maximum Gasteiger partial charge on any atom is 0.255 e. The van der Waals surface area contributed by atoms with Crippen molar-refractivity contribution in [1.29, 1.82) is 0 Å². The third-order valence-corrected chi connectivity index (χ3v) is 6.22. The van der Waals surface area contributed by atoms with E-state index in [2.05, 4.69) is 10.3 Å². The lowest BCUT2D eigenvalue weighted by molar-refractivity contribution is -0.116. The maximum absolute atomic E-state index is 12.9. The molecule has 5 nitrogen and oxygen atoms in total. The van der Waals surface area contributed by atoms with Gasteiger partial charge < -0.3 is 15.2 Å². The fraction of sp³-hybridized carbons (Fsp3) is 0.0833. The van der Waals surface area contributed by atoms with Crippen LogP contribution in [-0.2, 0) is 11.3 Å². The molecule has 0 bridgehead atoms. The highest BCUT2D eigenvalue weighted by Gasteiger charge is 2.26. The molecule has 2 amide bonds. The number of benzene rings is 3. The van der Waals surface area contributed by atoms with Gasteiger partial charge in [-0.15, -0.1) is 11.8 Å². The predicted octanol–water partition coefficient (Wildman–Crippen LogP) is 5.06. The molecule has 3 aromatic carbocycles. The molecule has 0 saturated heterocycles. The number of anilines is 2. The molecular weight excluding hydrogens is 394 g/mol. The summed E-state index contributed by atoms with van der Waals surface area (Å²) in [5.41, 5.74) is 4.22. The van der Waals surface area contributed by atoms with Gasteiger partial charge in [-0.05, 0) is 29.8 Å². The molecule has 5 rings (SSSR count). The van der Waals surface area contributed by atoms with Crippen LogP contribution in [-0.4, -0.2) is 22.6 Å². The summed E-state index contributed by atoms with van der Waals surface area (Å²) in [4.78, 5) is 31.3. The minimum Gasteiger partial charge on any atom is -0.359 e. The van der Waals surface area contributed by atoms with Crippen LogP contribution in [0.25, 0.3) is 10.9 Å². The van der Waals surface area contributed by atoms with Gasteiger partial charge in [-0.25, -0.2) is 0 Å². The third kappa shape index (κ3) is 3.46. The number of amides is 2. The van der Waals surface area contributed by atoms with Crippen molar-refractivity contribution in [2.45, 2.75) is 11.4 Å². The molecule has 1 aromatic heterocycles. The van der Waals surface area contributed by atoms with Crippen molar-refractivity contribution >= 4 is 45.9 Å². The summed E-state index contributed by atoms with van der Waals surface area (Å²) in [6.07, 6.45) is 1.80. The van der Waals surface area contributed by atoms with Crippen molar-refractivity contribution in [2.75, 3.05) is 16.0 Å². The Bertz CT molecular complexity index is 1250. The zero-order chi connectivity index (χ0) is 20.5. The average Bonchev–Trinajstić information content (AvgIpc) is 3.19. The zero-order valence-corrected chi connectivity index (χ0v) is 16.9. The van der Waals surface area contributed by atoms with Crippen LogP contribution in [0.1, 0.15) is 15.9 Å². The molecule has 1 aliphatic rings. The second-order valence-electron chi connectivity index (χ2n) is 7.14. The molecule has 4 aromatic rings. The minimum absolute atomic E-state index is 0.0762. The van der Waals surface area contributed by atoms with Gasteiger partial charge in [0, 0.05) is 27.6 Å². The van der Waals surface area contributed by atoms with Gasteiger partial charge in [0.15, 0.2) is 0 Å². The fourth-order valence-corrected chi connectivity index (χ4v) is 4.63. The molecule has 6 heteroatoms. The van der Waals surface area contributed by atoms with Gasteiger partial charge >= 0.3 is 0 Å². The van der Waals surface area contributed by atoms with Gasteiger partial charge in [-0.2, -0.15) is 0 Å². The lowest BCUT2D eigenvalue weighted by Gasteiger charge is -2.29. The topological polar surface area (TPSA) is 65.2 Å². The molecule has 0 saturated carbocycles. The minimum atomic E-state index is -0.172. The Labute approximate surface area is 178 Å². The average molecular weight is 414 g/mol. The Hall–Kier alpha value is -3.51. The number of para-hydroxylation sites is 1. The molecule has 1 aliphatic heterocycles. The summed E-state index contributed by atoms with van der Waals surface area (Å²) in [5, 5.41) is 3.96. The Morgan fingerprint density at radius 1 is 1.03 bits per heavy atom. The van der Waals surface area contributed by atoms with E-state index in [0.29, 0.717) is 17.9 Å². The standard InChI is InChI=1S/C24H19N3O2S/c28-23-15-30-22-12-17(10-11-21(22)27(23)14-16-6-2-1-3-7-16)24(29)26-20-13-25-19-9-5-4-8-18(19)20/h1-13,25H,14-15H2,(H,26,29). The molecule has 0 aliphatic carbocycles. The summed E-state index contributed by atoms with van der Waals surface area (Å²) in [6, 6.07) is 23.3. The van der Waals surface area contributed by atoms with Crippen LogP contribution in [0, 0.1) is 0 Å². The highest BCUT2D eigenvalue weighted by atomic mass is 32.2. The number of hydrogen-bond donors (Lipinski definition) is 2. The monoisotopic (exact) mass is 413 g/mol. The summed E-state index contributed by atoms with van der Waals surface area (Å²) < 4.78 is 0. The first-order valence-corrected chi connectivity index (χ1v) is 10.7. The molecule has 0 fully saturated rings. The number of fused-ring (bicyclic) bond motifs is 2. The van der Waals surface area contributed by atoms with E-state index in [9.17, 15) is 9.59 Å². The molecule has 0 unspecified atom stereocenters. The first-order valence-electron chi connectivity index (χ1n) is 9.68. The van der Waals surface area contributed by atoms with Crippen molar-refractivity contribution in [3.8, 4) is 0 Å². The van der Waals surface area contributed by atoms with Gasteiger partial charge in [0.25, 0.3) is 5.91 Å². The Balaban J connectivity index is 1.40. The quantitative estimate of drug-likeness (QED) is 0.492. The maximum atomic E-state index is 12.9. The Kier molecular flexibility index (Phi) is 4.77. The van der Waals surface area contributed by atoms with Crippen molar-refractivity contribution in [3.63, 3.8) is 0 Å². The highest BCUT2D eigenvalue weighted by molar-refractivity contribution is 8.00. The third-order valence-electron chi connectivity index (χ3n) is 5.19. The molecule has 0 radical (unpaired) electrons. The van der Waals surface area contributed by atoms with Crippen LogP contribution in [0.4, 0.5) is 11.4 Å². The Morgan fingerprint density at radius 2 is 1.83 bits per heavy atom. The SMILES string of the molecule is O=C(Nc1c[nH]c2ccccc12)c1ccc2c(c1)SCC(=O)N2Cc1ccccc1. The van der Waals surface area contributed by atoms with Crippen LogP contribution in [0.15, 0.2) is 83.9 Å². The van der Waals surface area contributed by atoms with Crippen molar-refractivity contribution in [2.24, 2.45) is 0 Å². The van der Waals surface area contributed by atoms with Gasteiger partial charge in [-0.3, -0.25) is 9.59 Å². The molecule has 148 valence electrons. The van der Waals surface area contributed by atoms with E-state index < -0.39 is 0 Å². The summed E-state index contributed by atoms with van der Waals surface area (Å²) in [5.74, 6) is 0.273. The lowest BCUT2D eigenvalue weighted by atomic mass is 10.1. The summed E-state index contributed by atoms with van der Waals surface area (Å²) >= 11 is 1.48. The largest absolute Gasteiger partial charge is 0.359 e. The number of hydrogen-bond acceptors (Lipinski definition) is 3. The number of aromatic nitrogens is 1. The molecule has 2 N–H and O–H groups in total. The van der Waals surface area contributed by atoms with Crippen LogP contribution < -0.4 is 10.2 Å². The fourth-order valence-electron chi connectivity index (χ4n) is 3.65. The van der Waals surface area contributed by atoms with E-state index in [0.717, 1.165) is 32.7 Å². The number of nitrogens with zero attached hydrogens (tertiary/aromatic N) is 1. The molecule has 30 heavy (non-hydrogen) atoms. The highest BCUT2D eigenvalue weighted by Crippen LogP contribution is 2.37.